The van der Waals surface area contributed by atoms with E-state index in [1.165, 1.54) is 13.8 Å². The van der Waals surface area contributed by atoms with Gasteiger partial charge in [-0.05, 0) is 26.7 Å². The van der Waals surface area contributed by atoms with Gasteiger partial charge in [-0.15, -0.1) is 0 Å². The average Bonchev–Trinajstić information content (AvgIpc) is 2.01. The van der Waals surface area contributed by atoms with Gasteiger partial charge in [0, 0.05) is 6.42 Å². The minimum Gasteiger partial charge on any atom is -0.222 e. The van der Waals surface area contributed by atoms with E-state index in [-0.39, 0.29) is 6.42 Å². The molecule has 0 radical (unpaired) electrons. The van der Waals surface area contributed by atoms with Crippen LogP contribution in [0.2, 0.25) is 0 Å². The zero-order chi connectivity index (χ0) is 10.3. The zero-order valence-corrected chi connectivity index (χ0v) is 8.63. The molecule has 2 nitrogen and oxygen atoms in total. The predicted octanol–water partition coefficient (Wildman–Crippen LogP) is 2.35. The van der Waals surface area contributed by atoms with Gasteiger partial charge < -0.3 is 0 Å². The summed E-state index contributed by atoms with van der Waals surface area (Å²) in [6, 6.07) is 0. The van der Waals surface area contributed by atoms with Crippen molar-refractivity contribution in [3.8, 4) is 0 Å². The molecule has 1 aliphatic rings. The number of alkyl halides is 2. The fourth-order valence-electron chi connectivity index (χ4n) is 1.55. The minimum atomic E-state index is -4.31. The third-order valence-corrected chi connectivity index (χ3v) is 5.27. The first kappa shape index (κ1) is 10.9. The first-order valence-corrected chi connectivity index (χ1v) is 5.81. The molecule has 78 valence electrons. The molecule has 1 rings (SSSR count). The summed E-state index contributed by atoms with van der Waals surface area (Å²) in [7, 11) is -4.31. The molecule has 1 aliphatic heterocycles. The van der Waals surface area contributed by atoms with E-state index in [4.69, 9.17) is 0 Å². The molecule has 5 heteroatoms. The Morgan fingerprint density at radius 1 is 1.08 bits per heavy atom. The van der Waals surface area contributed by atoms with Gasteiger partial charge in [0.25, 0.3) is 0 Å². The average molecular weight is 212 g/mol. The van der Waals surface area contributed by atoms with Crippen LogP contribution in [-0.2, 0) is 9.84 Å². The molecule has 0 aliphatic carbocycles. The van der Waals surface area contributed by atoms with Crippen LogP contribution in [0.3, 0.4) is 0 Å². The number of sulfone groups is 1. The van der Waals surface area contributed by atoms with Gasteiger partial charge in [-0.1, -0.05) is 6.42 Å². The van der Waals surface area contributed by atoms with Crippen molar-refractivity contribution in [3.05, 3.63) is 0 Å². The number of rotatable bonds is 0. The van der Waals surface area contributed by atoms with Crippen LogP contribution in [0.5, 0.6) is 0 Å². The van der Waals surface area contributed by atoms with Crippen molar-refractivity contribution in [1.82, 2.24) is 0 Å². The lowest BCUT2D eigenvalue weighted by atomic mass is 10.1. The van der Waals surface area contributed by atoms with Crippen LogP contribution >= 0.6 is 0 Å². The molecule has 1 fully saturated rings. The number of hydrogen-bond donors (Lipinski definition) is 0. The first-order chi connectivity index (χ1) is 5.71. The lowest BCUT2D eigenvalue weighted by Crippen LogP contribution is -2.42. The van der Waals surface area contributed by atoms with Crippen molar-refractivity contribution in [1.29, 1.82) is 0 Å². The summed E-state index contributed by atoms with van der Waals surface area (Å²) < 4.78 is 47.9. The van der Waals surface area contributed by atoms with E-state index in [9.17, 15) is 17.2 Å². The maximum Gasteiger partial charge on any atom is 0.346 e. The van der Waals surface area contributed by atoms with Crippen molar-refractivity contribution < 1.29 is 17.2 Å². The molecular formula is C8H14F2O2S. The Hall–Kier alpha value is -0.190. The summed E-state index contributed by atoms with van der Waals surface area (Å²) in [5, 5.41) is -3.53. The van der Waals surface area contributed by atoms with Gasteiger partial charge >= 0.3 is 5.25 Å². The Bertz CT molecular complexity index is 269. The van der Waals surface area contributed by atoms with Crippen LogP contribution in [0.4, 0.5) is 8.78 Å². The van der Waals surface area contributed by atoms with Crippen molar-refractivity contribution >= 4 is 9.84 Å². The summed E-state index contributed by atoms with van der Waals surface area (Å²) in [5.41, 5.74) is 0. The highest BCUT2D eigenvalue weighted by atomic mass is 32.2. The zero-order valence-electron chi connectivity index (χ0n) is 7.81. The van der Waals surface area contributed by atoms with Crippen LogP contribution < -0.4 is 0 Å². The molecule has 0 unspecified atom stereocenters. The first-order valence-electron chi connectivity index (χ1n) is 4.33. The SMILES string of the molecule is CC1(C)CCCCC(F)(F)S1(=O)=O. The van der Waals surface area contributed by atoms with Crippen molar-refractivity contribution in [2.45, 2.75) is 49.5 Å². The highest BCUT2D eigenvalue weighted by Crippen LogP contribution is 2.41. The molecule has 0 aromatic heterocycles. The van der Waals surface area contributed by atoms with Gasteiger partial charge in [-0.3, -0.25) is 0 Å². The molecular weight excluding hydrogens is 198 g/mol. The summed E-state index contributed by atoms with van der Waals surface area (Å²) in [6.07, 6.45) is 0.640. The maximum atomic E-state index is 13.1. The Balaban J connectivity index is 3.19. The molecule has 0 spiro atoms. The molecule has 13 heavy (non-hydrogen) atoms. The lowest BCUT2D eigenvalue weighted by Gasteiger charge is -2.26. The Morgan fingerprint density at radius 3 is 2.08 bits per heavy atom. The highest BCUT2D eigenvalue weighted by molar-refractivity contribution is 7.93. The third kappa shape index (κ3) is 1.58. The van der Waals surface area contributed by atoms with E-state index in [0.717, 1.165) is 0 Å². The lowest BCUT2D eigenvalue weighted by molar-refractivity contribution is 0.0804. The smallest absolute Gasteiger partial charge is 0.222 e. The monoisotopic (exact) mass is 212 g/mol. The second-order valence-electron chi connectivity index (χ2n) is 4.11. The number of hydrogen-bond acceptors (Lipinski definition) is 2. The standard InChI is InChI=1S/C8H14F2O2S/c1-7(2)5-3-4-6-8(9,10)13(7,11)12/h3-6H2,1-2H3. The molecule has 1 saturated heterocycles. The largest absolute Gasteiger partial charge is 0.346 e. The Morgan fingerprint density at radius 2 is 1.54 bits per heavy atom. The molecule has 0 N–H and O–H groups in total. The summed E-state index contributed by atoms with van der Waals surface area (Å²) in [5.74, 6) is 0. The summed E-state index contributed by atoms with van der Waals surface area (Å²) in [6.45, 7) is 2.75. The predicted molar refractivity (Wildman–Crippen MR) is 46.4 cm³/mol. The Labute approximate surface area is 77.2 Å². The second kappa shape index (κ2) is 2.90. The molecule has 0 bridgehead atoms. The third-order valence-electron chi connectivity index (χ3n) is 2.62. The van der Waals surface area contributed by atoms with Gasteiger partial charge in [-0.2, -0.15) is 8.78 Å². The molecule has 0 atom stereocenters. The summed E-state index contributed by atoms with van der Waals surface area (Å²) in [4.78, 5) is 0. The molecule has 0 saturated carbocycles. The van der Waals surface area contributed by atoms with E-state index >= 15 is 0 Å². The second-order valence-corrected chi connectivity index (χ2v) is 6.82. The van der Waals surface area contributed by atoms with E-state index in [1.54, 1.807) is 0 Å². The molecule has 0 aromatic carbocycles. The van der Waals surface area contributed by atoms with E-state index < -0.39 is 26.3 Å². The summed E-state index contributed by atoms with van der Waals surface area (Å²) >= 11 is 0. The topological polar surface area (TPSA) is 34.1 Å². The van der Waals surface area contributed by atoms with Crippen molar-refractivity contribution in [2.24, 2.45) is 0 Å². The van der Waals surface area contributed by atoms with Gasteiger partial charge in [0.2, 0.25) is 9.84 Å². The quantitative estimate of drug-likeness (QED) is 0.617. The maximum absolute atomic E-state index is 13.1. The van der Waals surface area contributed by atoms with E-state index in [0.29, 0.717) is 12.8 Å². The fourth-order valence-corrected chi connectivity index (χ4v) is 3.19. The fraction of sp³-hybridized carbons (Fsp3) is 1.00. The minimum absolute atomic E-state index is 0.287. The highest BCUT2D eigenvalue weighted by Gasteiger charge is 2.54. The van der Waals surface area contributed by atoms with Crippen LogP contribution in [0.15, 0.2) is 0 Å². The van der Waals surface area contributed by atoms with Gasteiger partial charge in [-0.25, -0.2) is 8.42 Å². The van der Waals surface area contributed by atoms with Gasteiger partial charge in [0.1, 0.15) is 0 Å². The molecule has 1 heterocycles. The van der Waals surface area contributed by atoms with Crippen LogP contribution in [0, 0.1) is 0 Å². The van der Waals surface area contributed by atoms with Gasteiger partial charge in [0.05, 0.1) is 4.75 Å². The van der Waals surface area contributed by atoms with Crippen molar-refractivity contribution in [2.75, 3.05) is 0 Å². The van der Waals surface area contributed by atoms with E-state index in [1.807, 2.05) is 0 Å². The molecule has 0 aromatic rings. The number of halogens is 2. The van der Waals surface area contributed by atoms with Crippen LogP contribution in [0.25, 0.3) is 0 Å². The van der Waals surface area contributed by atoms with E-state index in [2.05, 4.69) is 0 Å². The van der Waals surface area contributed by atoms with Crippen molar-refractivity contribution in [3.63, 3.8) is 0 Å². The Kier molecular flexibility index (Phi) is 2.43. The van der Waals surface area contributed by atoms with Gasteiger partial charge in [0.15, 0.2) is 0 Å². The van der Waals surface area contributed by atoms with Crippen LogP contribution in [0.1, 0.15) is 39.5 Å². The normalized spacial score (nSPS) is 30.8. The molecule has 0 amide bonds. The van der Waals surface area contributed by atoms with Crippen LogP contribution in [-0.4, -0.2) is 18.4 Å².